The van der Waals surface area contributed by atoms with Crippen molar-refractivity contribution in [3.63, 3.8) is 0 Å². The molecule has 0 saturated heterocycles. The molecule has 0 unspecified atom stereocenters. The lowest BCUT2D eigenvalue weighted by molar-refractivity contribution is -0.146. The maximum atomic E-state index is 11.6. The van der Waals surface area contributed by atoms with Gasteiger partial charge in [0.2, 0.25) is 0 Å². The van der Waals surface area contributed by atoms with Crippen molar-refractivity contribution in [1.29, 1.82) is 0 Å². The van der Waals surface area contributed by atoms with Crippen molar-refractivity contribution in [2.24, 2.45) is 0 Å². The largest absolute Gasteiger partial charge is 0.480 e. The van der Waals surface area contributed by atoms with Gasteiger partial charge in [-0.3, -0.25) is 0 Å². The van der Waals surface area contributed by atoms with Crippen molar-refractivity contribution in [3.05, 3.63) is 27.2 Å². The molecule has 0 amide bonds. The van der Waals surface area contributed by atoms with Gasteiger partial charge in [-0.1, -0.05) is 80.3 Å². The molecule has 3 nitrogen and oxygen atoms in total. The highest BCUT2D eigenvalue weighted by Crippen LogP contribution is 2.33. The molecule has 0 atom stereocenters. The normalized spacial score (nSPS) is 10.6. The third kappa shape index (κ3) is 8.69. The average Bonchev–Trinajstić information content (AvgIpc) is 2.52. The second kappa shape index (κ2) is 11.8. The molecule has 0 N–H and O–H groups in total. The minimum absolute atomic E-state index is 0.200. The van der Waals surface area contributed by atoms with E-state index in [2.05, 4.69) is 6.92 Å². The molecule has 0 aliphatic carbocycles. The molecule has 130 valence electrons. The maximum absolute atomic E-state index is 11.6. The quantitative estimate of drug-likeness (QED) is 0.255. The highest BCUT2D eigenvalue weighted by molar-refractivity contribution is 6.43. The number of rotatable bonds is 11. The zero-order chi connectivity index (χ0) is 17.1. The van der Waals surface area contributed by atoms with Crippen LogP contribution < -0.4 is 4.74 Å². The van der Waals surface area contributed by atoms with Crippen LogP contribution >= 0.6 is 34.8 Å². The van der Waals surface area contributed by atoms with Crippen molar-refractivity contribution in [1.82, 2.24) is 0 Å². The molecule has 0 fully saturated rings. The van der Waals surface area contributed by atoms with Crippen molar-refractivity contribution in [2.45, 2.75) is 51.9 Å². The number of carbonyl (C=O) groups is 1. The molecule has 0 bridgehead atoms. The van der Waals surface area contributed by atoms with Gasteiger partial charge in [0, 0.05) is 6.07 Å². The van der Waals surface area contributed by atoms with Crippen LogP contribution in [0.1, 0.15) is 51.9 Å². The number of hydrogen-bond donors (Lipinski definition) is 0. The fourth-order valence-electron chi connectivity index (χ4n) is 2.04. The molecule has 1 aromatic carbocycles. The summed E-state index contributed by atoms with van der Waals surface area (Å²) in [7, 11) is 0. The minimum atomic E-state index is -0.418. The molecule has 0 spiro atoms. The molecule has 0 saturated carbocycles. The average molecular weight is 382 g/mol. The maximum Gasteiger partial charge on any atom is 0.344 e. The molecule has 0 aromatic heterocycles. The zero-order valence-corrected chi connectivity index (χ0v) is 15.6. The molecule has 23 heavy (non-hydrogen) atoms. The molecule has 0 heterocycles. The van der Waals surface area contributed by atoms with E-state index in [0.717, 1.165) is 12.8 Å². The first-order chi connectivity index (χ1) is 11.0. The summed E-state index contributed by atoms with van der Waals surface area (Å²) in [6.07, 6.45) is 8.23. The molecular weight excluding hydrogens is 359 g/mol. The fourth-order valence-corrected chi connectivity index (χ4v) is 2.63. The van der Waals surface area contributed by atoms with Crippen LogP contribution in [0.15, 0.2) is 12.1 Å². The smallest absolute Gasteiger partial charge is 0.344 e. The Hall–Kier alpha value is -0.640. The highest BCUT2D eigenvalue weighted by atomic mass is 35.5. The van der Waals surface area contributed by atoms with E-state index < -0.39 is 5.97 Å². The minimum Gasteiger partial charge on any atom is -0.480 e. The molecule has 1 rings (SSSR count). The first-order valence-corrected chi connectivity index (χ1v) is 9.11. The topological polar surface area (TPSA) is 35.5 Å². The Labute approximate surface area is 153 Å². The third-order valence-electron chi connectivity index (χ3n) is 3.33. The molecule has 0 radical (unpaired) electrons. The number of benzene rings is 1. The number of unbranched alkanes of at least 4 members (excludes halogenated alkanes) is 6. The van der Waals surface area contributed by atoms with Crippen LogP contribution in [0.4, 0.5) is 0 Å². The Morgan fingerprint density at radius 2 is 1.52 bits per heavy atom. The van der Waals surface area contributed by atoms with Crippen molar-refractivity contribution < 1.29 is 14.3 Å². The van der Waals surface area contributed by atoms with Crippen molar-refractivity contribution in [3.8, 4) is 5.75 Å². The Bertz CT molecular complexity index is 492. The van der Waals surface area contributed by atoms with E-state index in [4.69, 9.17) is 44.3 Å². The van der Waals surface area contributed by atoms with Crippen LogP contribution in [0.25, 0.3) is 0 Å². The summed E-state index contributed by atoms with van der Waals surface area (Å²) in [6, 6.07) is 2.96. The van der Waals surface area contributed by atoms with E-state index in [1.807, 2.05) is 0 Å². The first-order valence-electron chi connectivity index (χ1n) is 7.97. The fraction of sp³-hybridized carbons (Fsp3) is 0.588. The van der Waals surface area contributed by atoms with Gasteiger partial charge in [-0.05, 0) is 12.5 Å². The first kappa shape index (κ1) is 20.4. The van der Waals surface area contributed by atoms with Crippen molar-refractivity contribution in [2.75, 3.05) is 13.2 Å². The number of hydrogen-bond acceptors (Lipinski definition) is 3. The van der Waals surface area contributed by atoms with Gasteiger partial charge in [-0.15, -0.1) is 0 Å². The van der Waals surface area contributed by atoms with Gasteiger partial charge in [0.1, 0.15) is 5.75 Å². The molecule has 0 aliphatic rings. The molecule has 0 aliphatic heterocycles. The molecule has 6 heteroatoms. The van der Waals surface area contributed by atoms with E-state index in [9.17, 15) is 4.79 Å². The predicted molar refractivity (Wildman–Crippen MR) is 95.9 cm³/mol. The Morgan fingerprint density at radius 1 is 0.913 bits per heavy atom. The van der Waals surface area contributed by atoms with E-state index >= 15 is 0 Å². The third-order valence-corrected chi connectivity index (χ3v) is 4.35. The van der Waals surface area contributed by atoms with Crippen LogP contribution in [-0.4, -0.2) is 19.2 Å². The zero-order valence-electron chi connectivity index (χ0n) is 13.4. The number of esters is 1. The summed E-state index contributed by atoms with van der Waals surface area (Å²) in [5.74, 6) is -0.105. The second-order valence-corrected chi connectivity index (χ2v) is 6.55. The van der Waals surface area contributed by atoms with Crippen LogP contribution in [-0.2, 0) is 9.53 Å². The monoisotopic (exact) mass is 380 g/mol. The van der Waals surface area contributed by atoms with Gasteiger partial charge in [-0.2, -0.15) is 0 Å². The highest BCUT2D eigenvalue weighted by Gasteiger charge is 2.10. The summed E-state index contributed by atoms with van der Waals surface area (Å²) in [6.45, 7) is 2.42. The predicted octanol–water partition coefficient (Wildman–Crippen LogP) is 6.32. The van der Waals surface area contributed by atoms with E-state index in [1.54, 1.807) is 0 Å². The van der Waals surface area contributed by atoms with Crippen LogP contribution in [0, 0.1) is 0 Å². The van der Waals surface area contributed by atoms with Crippen molar-refractivity contribution >= 4 is 40.8 Å². The summed E-state index contributed by atoms with van der Waals surface area (Å²) in [5.41, 5.74) is 0. The van der Waals surface area contributed by atoms with Crippen LogP contribution in [0.2, 0.25) is 15.1 Å². The Kier molecular flexibility index (Phi) is 10.5. The molecule has 1 aromatic rings. The van der Waals surface area contributed by atoms with E-state index in [-0.39, 0.29) is 6.61 Å². The van der Waals surface area contributed by atoms with E-state index in [0.29, 0.717) is 27.4 Å². The standard InChI is InChI=1S/C17H23Cl3O3/c1-2-3-4-5-6-7-8-9-22-17(21)12-23-16-11-14(19)13(18)10-15(16)20/h10-11H,2-9,12H2,1H3. The lowest BCUT2D eigenvalue weighted by Gasteiger charge is -2.09. The summed E-state index contributed by atoms with van der Waals surface area (Å²) < 4.78 is 10.4. The Morgan fingerprint density at radius 3 is 2.22 bits per heavy atom. The lowest BCUT2D eigenvalue weighted by Crippen LogP contribution is -2.15. The summed E-state index contributed by atoms with van der Waals surface area (Å²) >= 11 is 17.7. The second-order valence-electron chi connectivity index (χ2n) is 5.33. The summed E-state index contributed by atoms with van der Waals surface area (Å²) in [5, 5.41) is 0.965. The van der Waals surface area contributed by atoms with Gasteiger partial charge in [-0.25, -0.2) is 4.79 Å². The van der Waals surface area contributed by atoms with Gasteiger partial charge < -0.3 is 9.47 Å². The van der Waals surface area contributed by atoms with Crippen LogP contribution in [0.5, 0.6) is 5.75 Å². The van der Waals surface area contributed by atoms with E-state index in [1.165, 1.54) is 44.2 Å². The SMILES string of the molecule is CCCCCCCCCOC(=O)COc1cc(Cl)c(Cl)cc1Cl. The van der Waals surface area contributed by atoms with Gasteiger partial charge >= 0.3 is 5.97 Å². The van der Waals surface area contributed by atoms with Crippen LogP contribution in [0.3, 0.4) is 0 Å². The Balaban J connectivity index is 2.14. The molecular formula is C17H23Cl3O3. The number of ether oxygens (including phenoxy) is 2. The lowest BCUT2D eigenvalue weighted by atomic mass is 10.1. The van der Waals surface area contributed by atoms with Gasteiger partial charge in [0.25, 0.3) is 0 Å². The number of halogens is 3. The van der Waals surface area contributed by atoms with Gasteiger partial charge in [0.05, 0.1) is 21.7 Å². The number of carbonyl (C=O) groups excluding carboxylic acids is 1. The van der Waals surface area contributed by atoms with Gasteiger partial charge in [0.15, 0.2) is 6.61 Å². The summed E-state index contributed by atoms with van der Waals surface area (Å²) in [4.78, 5) is 11.6.